The zero-order valence-electron chi connectivity index (χ0n) is 14.4. The lowest BCUT2D eigenvalue weighted by molar-refractivity contribution is 0.343. The Bertz CT molecular complexity index is 579. The normalized spacial score (nSPS) is 23.8. The van der Waals surface area contributed by atoms with Gasteiger partial charge in [0, 0.05) is 22.5 Å². The summed E-state index contributed by atoms with van der Waals surface area (Å²) in [5, 5.41) is 0.213. The molecule has 0 fully saturated rings. The maximum atomic E-state index is 5.89. The number of hydrogen-bond acceptors (Lipinski definition) is 1. The lowest BCUT2D eigenvalue weighted by Gasteiger charge is -2.36. The molecule has 0 amide bonds. The Morgan fingerprint density at radius 2 is 1.55 bits per heavy atom. The van der Waals surface area contributed by atoms with Crippen LogP contribution in [0.1, 0.15) is 72.7 Å². The fourth-order valence-corrected chi connectivity index (χ4v) is 4.35. The highest BCUT2D eigenvalue weighted by Crippen LogP contribution is 2.40. The van der Waals surface area contributed by atoms with Crippen molar-refractivity contribution in [1.82, 2.24) is 9.13 Å². The minimum atomic E-state index is 0.0340. The zero-order chi connectivity index (χ0) is 15.5. The zero-order valence-corrected chi connectivity index (χ0v) is 15.2. The smallest absolute Gasteiger partial charge is 0.181 e. The summed E-state index contributed by atoms with van der Waals surface area (Å²) < 4.78 is 5.82. The predicted octanol–water partition coefficient (Wildman–Crippen LogP) is 3.71. The SMILES string of the molecule is BC1(C)CCCc2c1n(C(C)(C)C)c(=S)n2C(C)(C)C. The molecule has 2 nitrogen and oxygen atoms in total. The van der Waals surface area contributed by atoms with Crippen LogP contribution in [0.5, 0.6) is 0 Å². The minimum Gasteiger partial charge on any atom is -0.316 e. The van der Waals surface area contributed by atoms with Gasteiger partial charge in [-0.05, 0) is 78.3 Å². The molecule has 0 spiro atoms. The Morgan fingerprint density at radius 3 is 2.00 bits per heavy atom. The van der Waals surface area contributed by atoms with Crippen molar-refractivity contribution in [3.8, 4) is 0 Å². The summed E-state index contributed by atoms with van der Waals surface area (Å²) in [6.07, 6.45) is 3.67. The van der Waals surface area contributed by atoms with Gasteiger partial charge in [0.25, 0.3) is 0 Å². The van der Waals surface area contributed by atoms with E-state index in [0.29, 0.717) is 0 Å². The van der Waals surface area contributed by atoms with E-state index in [-0.39, 0.29) is 16.4 Å². The molecule has 0 radical (unpaired) electrons. The van der Waals surface area contributed by atoms with Gasteiger partial charge in [-0.25, -0.2) is 0 Å². The van der Waals surface area contributed by atoms with E-state index in [0.717, 1.165) is 11.2 Å². The highest BCUT2D eigenvalue weighted by molar-refractivity contribution is 7.71. The fourth-order valence-electron chi connectivity index (χ4n) is 3.60. The molecule has 4 heteroatoms. The lowest BCUT2D eigenvalue weighted by atomic mass is 9.61. The number of imidazole rings is 1. The van der Waals surface area contributed by atoms with Crippen LogP contribution in [0.15, 0.2) is 0 Å². The van der Waals surface area contributed by atoms with Gasteiger partial charge in [-0.15, -0.1) is 0 Å². The maximum Gasteiger partial charge on any atom is 0.181 e. The quantitative estimate of drug-likeness (QED) is 0.523. The second-order valence-corrected chi connectivity index (χ2v) is 9.19. The minimum absolute atomic E-state index is 0.0340. The molecule has 0 saturated heterocycles. The van der Waals surface area contributed by atoms with Crippen molar-refractivity contribution >= 4 is 20.1 Å². The first-order valence-electron chi connectivity index (χ1n) is 7.75. The number of hydrogen-bond donors (Lipinski definition) is 0. The molecular weight excluding hydrogens is 263 g/mol. The van der Waals surface area contributed by atoms with Gasteiger partial charge in [-0.2, -0.15) is 0 Å². The molecule has 1 atom stereocenters. The average molecular weight is 292 g/mol. The van der Waals surface area contributed by atoms with Gasteiger partial charge in [-0.3, -0.25) is 0 Å². The summed E-state index contributed by atoms with van der Waals surface area (Å²) in [7, 11) is 2.37. The molecule has 1 aromatic heterocycles. The van der Waals surface area contributed by atoms with E-state index < -0.39 is 0 Å². The van der Waals surface area contributed by atoms with Crippen molar-refractivity contribution in [3.05, 3.63) is 16.2 Å². The number of rotatable bonds is 0. The van der Waals surface area contributed by atoms with E-state index in [4.69, 9.17) is 12.2 Å². The Balaban J connectivity index is 2.91. The molecule has 1 aromatic rings. The second-order valence-electron chi connectivity index (χ2n) is 8.83. The van der Waals surface area contributed by atoms with Gasteiger partial charge in [0.2, 0.25) is 0 Å². The number of aromatic nitrogens is 2. The maximum absolute atomic E-state index is 5.89. The summed E-state index contributed by atoms with van der Waals surface area (Å²) in [6.45, 7) is 15.9. The summed E-state index contributed by atoms with van der Waals surface area (Å²) in [5.74, 6) is 0. The Morgan fingerprint density at radius 1 is 1.05 bits per heavy atom. The first-order chi connectivity index (χ1) is 8.87. The van der Waals surface area contributed by atoms with Gasteiger partial charge in [-0.1, -0.05) is 6.92 Å². The molecule has 1 aliphatic rings. The Labute approximate surface area is 130 Å². The first kappa shape index (κ1) is 15.9. The topological polar surface area (TPSA) is 9.86 Å². The average Bonchev–Trinajstić information content (AvgIpc) is 2.49. The van der Waals surface area contributed by atoms with Crippen molar-refractivity contribution in [2.24, 2.45) is 0 Å². The second kappa shape index (κ2) is 4.49. The van der Waals surface area contributed by atoms with Crippen molar-refractivity contribution in [2.45, 2.75) is 84.1 Å². The van der Waals surface area contributed by atoms with Gasteiger partial charge >= 0.3 is 0 Å². The van der Waals surface area contributed by atoms with Crippen LogP contribution in [0.25, 0.3) is 0 Å². The molecule has 1 unspecified atom stereocenters. The van der Waals surface area contributed by atoms with Crippen LogP contribution < -0.4 is 0 Å². The molecular formula is C16H29BN2S. The van der Waals surface area contributed by atoms with Crippen molar-refractivity contribution in [1.29, 1.82) is 0 Å². The highest BCUT2D eigenvalue weighted by atomic mass is 32.1. The molecule has 0 aromatic carbocycles. The monoisotopic (exact) mass is 292 g/mol. The Kier molecular flexibility index (Phi) is 3.57. The van der Waals surface area contributed by atoms with E-state index in [1.54, 1.807) is 0 Å². The first-order valence-corrected chi connectivity index (χ1v) is 8.16. The molecule has 0 N–H and O–H groups in total. The van der Waals surface area contributed by atoms with Crippen LogP contribution in [-0.2, 0) is 22.8 Å². The number of nitrogens with zero attached hydrogens (tertiary/aromatic N) is 2. The van der Waals surface area contributed by atoms with E-state index >= 15 is 0 Å². The summed E-state index contributed by atoms with van der Waals surface area (Å²) in [4.78, 5) is 0. The van der Waals surface area contributed by atoms with Crippen LogP contribution in [-0.4, -0.2) is 17.0 Å². The highest BCUT2D eigenvalue weighted by Gasteiger charge is 2.38. The molecule has 0 saturated carbocycles. The van der Waals surface area contributed by atoms with Crippen LogP contribution in [0.4, 0.5) is 0 Å². The van der Waals surface area contributed by atoms with Gasteiger partial charge in [0.1, 0.15) is 7.85 Å². The molecule has 2 rings (SSSR count). The third-order valence-corrected chi connectivity index (χ3v) is 4.71. The van der Waals surface area contributed by atoms with E-state index in [9.17, 15) is 0 Å². The van der Waals surface area contributed by atoms with Gasteiger partial charge in [0.05, 0.1) is 0 Å². The van der Waals surface area contributed by atoms with Gasteiger partial charge < -0.3 is 9.13 Å². The van der Waals surface area contributed by atoms with Crippen LogP contribution >= 0.6 is 12.2 Å². The molecule has 20 heavy (non-hydrogen) atoms. The summed E-state index contributed by atoms with van der Waals surface area (Å²) >= 11 is 5.89. The third kappa shape index (κ3) is 2.40. The summed E-state index contributed by atoms with van der Waals surface area (Å²) in [5.41, 5.74) is 3.02. The molecule has 112 valence electrons. The van der Waals surface area contributed by atoms with E-state index in [1.807, 2.05) is 0 Å². The molecule has 1 aliphatic carbocycles. The largest absolute Gasteiger partial charge is 0.316 e. The van der Waals surface area contributed by atoms with E-state index in [2.05, 4.69) is 65.4 Å². The van der Waals surface area contributed by atoms with Crippen molar-refractivity contribution < 1.29 is 0 Å². The fraction of sp³-hybridized carbons (Fsp3) is 0.812. The summed E-state index contributed by atoms with van der Waals surface area (Å²) in [6, 6.07) is 0. The van der Waals surface area contributed by atoms with E-state index in [1.165, 1.54) is 24.2 Å². The van der Waals surface area contributed by atoms with Crippen molar-refractivity contribution in [2.75, 3.05) is 0 Å². The molecule has 0 aliphatic heterocycles. The van der Waals surface area contributed by atoms with Gasteiger partial charge in [0.15, 0.2) is 4.77 Å². The van der Waals surface area contributed by atoms with Crippen LogP contribution in [0.3, 0.4) is 0 Å². The van der Waals surface area contributed by atoms with Crippen LogP contribution in [0, 0.1) is 4.77 Å². The number of fused-ring (bicyclic) bond motifs is 1. The lowest BCUT2D eigenvalue weighted by Crippen LogP contribution is -2.35. The Hall–Kier alpha value is -0.505. The van der Waals surface area contributed by atoms with Crippen molar-refractivity contribution in [3.63, 3.8) is 0 Å². The molecule has 0 bridgehead atoms. The standard InChI is InChI=1S/C16H29BN2S/c1-14(2,3)18-11-9-8-10-16(7,17)12(11)19(13(18)20)15(4,5)6/h8-10,17H2,1-7H3. The predicted molar refractivity (Wildman–Crippen MR) is 92.1 cm³/mol. The molecule has 1 heterocycles. The van der Waals surface area contributed by atoms with Crippen LogP contribution in [0.2, 0.25) is 0 Å². The third-order valence-electron chi connectivity index (χ3n) is 4.35.